The fourth-order valence-electron chi connectivity index (χ4n) is 2.93. The van der Waals surface area contributed by atoms with E-state index in [4.69, 9.17) is 11.6 Å². The van der Waals surface area contributed by atoms with E-state index in [1.165, 1.54) is 24.2 Å². The second kappa shape index (κ2) is 4.83. The molecule has 0 aromatic carbocycles. The van der Waals surface area contributed by atoms with Crippen LogP contribution in [0, 0.1) is 12.8 Å². The van der Waals surface area contributed by atoms with Crippen LogP contribution in [0.4, 0.5) is 0 Å². The number of piperidine rings is 1. The summed E-state index contributed by atoms with van der Waals surface area (Å²) in [5, 5.41) is 6.10. The minimum Gasteiger partial charge on any atom is -0.336 e. The van der Waals surface area contributed by atoms with Gasteiger partial charge in [-0.25, -0.2) is 0 Å². The number of hydrogen-bond acceptors (Lipinski definition) is 3. The van der Waals surface area contributed by atoms with E-state index in [2.05, 4.69) is 5.32 Å². The fourth-order valence-corrected chi connectivity index (χ4v) is 4.17. The van der Waals surface area contributed by atoms with Gasteiger partial charge in [-0.15, -0.1) is 11.3 Å². The van der Waals surface area contributed by atoms with Gasteiger partial charge in [0.05, 0.1) is 5.02 Å². The van der Waals surface area contributed by atoms with Gasteiger partial charge in [0.2, 0.25) is 0 Å². The molecule has 2 fully saturated rings. The molecule has 3 rings (SSSR count). The number of hydrogen-bond donors (Lipinski definition) is 1. The van der Waals surface area contributed by atoms with Crippen LogP contribution in [0.2, 0.25) is 5.02 Å². The summed E-state index contributed by atoms with van der Waals surface area (Å²) in [6.45, 7) is 4.74. The molecule has 5 heteroatoms. The summed E-state index contributed by atoms with van der Waals surface area (Å²) in [6, 6.07) is 0.488. The normalized spacial score (nSPS) is 27.3. The summed E-state index contributed by atoms with van der Waals surface area (Å²) >= 11 is 7.64. The zero-order valence-electron chi connectivity index (χ0n) is 10.4. The summed E-state index contributed by atoms with van der Waals surface area (Å²) in [4.78, 5) is 15.1. The summed E-state index contributed by atoms with van der Waals surface area (Å²) in [5.74, 6) is 0.733. The monoisotopic (exact) mass is 284 g/mol. The molecule has 0 saturated carbocycles. The number of amides is 1. The van der Waals surface area contributed by atoms with Crippen molar-refractivity contribution in [1.82, 2.24) is 10.2 Å². The molecule has 1 aromatic heterocycles. The van der Waals surface area contributed by atoms with Gasteiger partial charge in [-0.05, 0) is 43.2 Å². The van der Waals surface area contributed by atoms with E-state index < -0.39 is 0 Å². The van der Waals surface area contributed by atoms with Gasteiger partial charge in [0.1, 0.15) is 4.88 Å². The molecule has 2 saturated heterocycles. The number of nitrogens with zero attached hydrogens (tertiary/aromatic N) is 1. The Labute approximate surface area is 116 Å². The first-order chi connectivity index (χ1) is 8.66. The zero-order chi connectivity index (χ0) is 12.7. The Bertz CT molecular complexity index is 460. The Kier molecular flexibility index (Phi) is 3.34. The predicted octanol–water partition coefficient (Wildman–Crippen LogP) is 2.53. The summed E-state index contributed by atoms with van der Waals surface area (Å²) in [6.07, 6.45) is 2.46. The van der Waals surface area contributed by atoms with Crippen LogP contribution >= 0.6 is 22.9 Å². The van der Waals surface area contributed by atoms with Gasteiger partial charge in [-0.2, -0.15) is 0 Å². The molecule has 2 aliphatic heterocycles. The summed E-state index contributed by atoms with van der Waals surface area (Å²) in [5.41, 5.74) is 1.000. The van der Waals surface area contributed by atoms with Gasteiger partial charge in [0, 0.05) is 19.1 Å². The molecule has 1 aromatic rings. The topological polar surface area (TPSA) is 32.3 Å². The van der Waals surface area contributed by atoms with Gasteiger partial charge in [-0.1, -0.05) is 11.6 Å². The predicted molar refractivity (Wildman–Crippen MR) is 74.5 cm³/mol. The number of fused-ring (bicyclic) bond motifs is 1. The average Bonchev–Trinajstić information content (AvgIpc) is 2.94. The van der Waals surface area contributed by atoms with Crippen LogP contribution in [-0.4, -0.2) is 36.5 Å². The third-order valence-electron chi connectivity index (χ3n) is 3.98. The Morgan fingerprint density at radius 3 is 3.06 bits per heavy atom. The molecule has 0 unspecified atom stereocenters. The Balaban J connectivity index is 1.76. The lowest BCUT2D eigenvalue weighted by atomic mass is 9.94. The summed E-state index contributed by atoms with van der Waals surface area (Å²) in [7, 11) is 0. The standard InChI is InChI=1S/C13H17ClN2OS/c1-8-7-18-12(11(8)14)13(17)16-5-9-3-2-4-15-10(9)6-16/h7,9-10,15H,2-6H2,1H3/t9-,10+/m0/s1. The van der Waals surface area contributed by atoms with Crippen molar-refractivity contribution in [1.29, 1.82) is 0 Å². The molecule has 1 amide bonds. The highest BCUT2D eigenvalue weighted by Crippen LogP contribution is 2.31. The molecule has 18 heavy (non-hydrogen) atoms. The lowest BCUT2D eigenvalue weighted by Crippen LogP contribution is -2.41. The maximum absolute atomic E-state index is 12.4. The van der Waals surface area contributed by atoms with Gasteiger partial charge in [0.25, 0.3) is 5.91 Å². The molecule has 0 aliphatic carbocycles. The second-order valence-electron chi connectivity index (χ2n) is 5.23. The van der Waals surface area contributed by atoms with Crippen molar-refractivity contribution in [3.63, 3.8) is 0 Å². The largest absolute Gasteiger partial charge is 0.336 e. The molecule has 0 bridgehead atoms. The van der Waals surface area contributed by atoms with E-state index >= 15 is 0 Å². The van der Waals surface area contributed by atoms with E-state index in [1.807, 2.05) is 17.2 Å². The highest BCUT2D eigenvalue weighted by molar-refractivity contribution is 7.13. The van der Waals surface area contributed by atoms with E-state index in [9.17, 15) is 4.79 Å². The number of halogens is 1. The minimum atomic E-state index is 0.106. The Hall–Kier alpha value is -0.580. The van der Waals surface area contributed by atoms with Crippen LogP contribution in [0.5, 0.6) is 0 Å². The van der Waals surface area contributed by atoms with Crippen molar-refractivity contribution >= 4 is 28.8 Å². The van der Waals surface area contributed by atoms with E-state index in [0.717, 1.165) is 25.2 Å². The molecular formula is C13H17ClN2OS. The first-order valence-corrected chi connectivity index (χ1v) is 7.69. The molecule has 98 valence electrons. The third kappa shape index (κ3) is 2.06. The van der Waals surface area contributed by atoms with Gasteiger partial charge in [0.15, 0.2) is 0 Å². The number of rotatable bonds is 1. The smallest absolute Gasteiger partial charge is 0.265 e. The minimum absolute atomic E-state index is 0.106. The molecule has 2 atom stereocenters. The number of nitrogens with one attached hydrogen (secondary N) is 1. The number of likely N-dealkylation sites (tertiary alicyclic amines) is 1. The number of carbonyl (C=O) groups is 1. The molecule has 3 heterocycles. The SMILES string of the molecule is Cc1csc(C(=O)N2C[C@@H]3CCCN[C@@H]3C2)c1Cl. The van der Waals surface area contributed by atoms with Crippen LogP contribution in [0.15, 0.2) is 5.38 Å². The van der Waals surface area contributed by atoms with E-state index in [-0.39, 0.29) is 5.91 Å². The maximum atomic E-state index is 12.4. The lowest BCUT2D eigenvalue weighted by molar-refractivity contribution is 0.0790. The van der Waals surface area contributed by atoms with Crippen LogP contribution in [0.1, 0.15) is 28.1 Å². The highest BCUT2D eigenvalue weighted by Gasteiger charge is 2.37. The van der Waals surface area contributed by atoms with Gasteiger partial charge in [-0.3, -0.25) is 4.79 Å². The van der Waals surface area contributed by atoms with Gasteiger partial charge >= 0.3 is 0 Å². The molecule has 0 radical (unpaired) electrons. The Morgan fingerprint density at radius 1 is 1.56 bits per heavy atom. The van der Waals surface area contributed by atoms with Crippen LogP contribution in [-0.2, 0) is 0 Å². The van der Waals surface area contributed by atoms with Crippen molar-refractivity contribution in [3.8, 4) is 0 Å². The van der Waals surface area contributed by atoms with E-state index in [0.29, 0.717) is 21.9 Å². The Morgan fingerprint density at radius 2 is 2.39 bits per heavy atom. The van der Waals surface area contributed by atoms with Crippen molar-refractivity contribution < 1.29 is 4.79 Å². The number of thiophene rings is 1. The molecule has 1 N–H and O–H groups in total. The molecular weight excluding hydrogens is 268 g/mol. The van der Waals surface area contributed by atoms with Crippen LogP contribution < -0.4 is 5.32 Å². The van der Waals surface area contributed by atoms with Crippen LogP contribution in [0.3, 0.4) is 0 Å². The molecule has 2 aliphatic rings. The van der Waals surface area contributed by atoms with Gasteiger partial charge < -0.3 is 10.2 Å². The van der Waals surface area contributed by atoms with Crippen molar-refractivity contribution in [3.05, 3.63) is 20.8 Å². The second-order valence-corrected chi connectivity index (χ2v) is 6.49. The fraction of sp³-hybridized carbons (Fsp3) is 0.615. The number of aryl methyl sites for hydroxylation is 1. The first kappa shape index (κ1) is 12.5. The third-order valence-corrected chi connectivity index (χ3v) is 5.66. The zero-order valence-corrected chi connectivity index (χ0v) is 12.0. The van der Waals surface area contributed by atoms with Crippen molar-refractivity contribution in [2.45, 2.75) is 25.8 Å². The quantitative estimate of drug-likeness (QED) is 0.859. The molecule has 0 spiro atoms. The molecule has 3 nitrogen and oxygen atoms in total. The van der Waals surface area contributed by atoms with E-state index in [1.54, 1.807) is 0 Å². The summed E-state index contributed by atoms with van der Waals surface area (Å²) < 4.78 is 0. The van der Waals surface area contributed by atoms with Crippen molar-refractivity contribution in [2.24, 2.45) is 5.92 Å². The average molecular weight is 285 g/mol. The van der Waals surface area contributed by atoms with Crippen LogP contribution in [0.25, 0.3) is 0 Å². The number of carbonyl (C=O) groups excluding carboxylic acids is 1. The lowest BCUT2D eigenvalue weighted by Gasteiger charge is -2.24. The first-order valence-electron chi connectivity index (χ1n) is 6.43. The maximum Gasteiger partial charge on any atom is 0.265 e. The van der Waals surface area contributed by atoms with Crippen molar-refractivity contribution in [2.75, 3.05) is 19.6 Å². The highest BCUT2D eigenvalue weighted by atomic mass is 35.5.